The van der Waals surface area contributed by atoms with E-state index in [0.717, 1.165) is 24.7 Å². The van der Waals surface area contributed by atoms with Gasteiger partial charge in [-0.2, -0.15) is 11.8 Å². The Hall–Kier alpha value is -0.320. The summed E-state index contributed by atoms with van der Waals surface area (Å²) in [6, 6.07) is 2.26. The maximum absolute atomic E-state index is 13.9. The molecule has 2 unspecified atom stereocenters. The SMILES string of the molecule is CNC(c1c(Cl)ccc(F)c1F)C1CCCCS1. The van der Waals surface area contributed by atoms with Gasteiger partial charge in [-0.05, 0) is 37.8 Å². The minimum atomic E-state index is -0.838. The van der Waals surface area contributed by atoms with Crippen molar-refractivity contribution < 1.29 is 8.78 Å². The van der Waals surface area contributed by atoms with Crippen molar-refractivity contribution in [1.29, 1.82) is 0 Å². The number of rotatable bonds is 3. The first-order valence-electron chi connectivity index (χ1n) is 6.07. The Morgan fingerprint density at radius 1 is 1.39 bits per heavy atom. The fraction of sp³-hybridized carbons (Fsp3) is 0.538. The van der Waals surface area contributed by atoms with Crippen molar-refractivity contribution in [1.82, 2.24) is 5.32 Å². The van der Waals surface area contributed by atoms with Crippen LogP contribution in [0.15, 0.2) is 12.1 Å². The molecule has 1 aromatic carbocycles. The van der Waals surface area contributed by atoms with E-state index in [1.165, 1.54) is 12.5 Å². The van der Waals surface area contributed by atoms with Crippen LogP contribution in [0.25, 0.3) is 0 Å². The van der Waals surface area contributed by atoms with Crippen LogP contribution in [0.5, 0.6) is 0 Å². The zero-order valence-corrected chi connectivity index (χ0v) is 11.8. The molecule has 1 nitrogen and oxygen atoms in total. The third-order valence-corrected chi connectivity index (χ3v) is 5.08. The summed E-state index contributed by atoms with van der Waals surface area (Å²) in [5.74, 6) is -0.597. The van der Waals surface area contributed by atoms with E-state index in [1.807, 2.05) is 0 Å². The third-order valence-electron chi connectivity index (χ3n) is 3.29. The van der Waals surface area contributed by atoms with Gasteiger partial charge in [0.1, 0.15) is 0 Å². The Kier molecular flexibility index (Phi) is 4.87. The molecule has 1 N–H and O–H groups in total. The van der Waals surface area contributed by atoms with Crippen LogP contribution in [0.2, 0.25) is 5.02 Å². The quantitative estimate of drug-likeness (QED) is 0.839. The molecule has 18 heavy (non-hydrogen) atoms. The van der Waals surface area contributed by atoms with E-state index in [2.05, 4.69) is 5.32 Å². The highest BCUT2D eigenvalue weighted by molar-refractivity contribution is 8.00. The monoisotopic (exact) mass is 291 g/mol. The van der Waals surface area contributed by atoms with Crippen molar-refractivity contribution in [2.75, 3.05) is 12.8 Å². The topological polar surface area (TPSA) is 12.0 Å². The van der Waals surface area contributed by atoms with Crippen molar-refractivity contribution in [3.63, 3.8) is 0 Å². The normalized spacial score (nSPS) is 21.9. The fourth-order valence-electron chi connectivity index (χ4n) is 2.37. The highest BCUT2D eigenvalue weighted by Crippen LogP contribution is 2.38. The molecule has 1 aromatic rings. The summed E-state index contributed by atoms with van der Waals surface area (Å²) in [5.41, 5.74) is 0.263. The minimum Gasteiger partial charge on any atom is -0.312 e. The second-order valence-corrected chi connectivity index (χ2v) is 6.18. The first-order chi connectivity index (χ1) is 8.65. The molecule has 2 rings (SSSR count). The highest BCUT2D eigenvalue weighted by atomic mass is 35.5. The van der Waals surface area contributed by atoms with Gasteiger partial charge in [-0.25, -0.2) is 8.78 Å². The molecule has 0 bridgehead atoms. The predicted octanol–water partition coefficient (Wildman–Crippen LogP) is 4.16. The van der Waals surface area contributed by atoms with Gasteiger partial charge in [-0.1, -0.05) is 18.0 Å². The van der Waals surface area contributed by atoms with Crippen LogP contribution in [0.4, 0.5) is 8.78 Å². The lowest BCUT2D eigenvalue weighted by Gasteiger charge is -2.30. The lowest BCUT2D eigenvalue weighted by atomic mass is 9.98. The second kappa shape index (κ2) is 6.22. The van der Waals surface area contributed by atoms with Gasteiger partial charge in [0.2, 0.25) is 0 Å². The van der Waals surface area contributed by atoms with Crippen LogP contribution in [0.1, 0.15) is 30.9 Å². The first kappa shape index (κ1) is 14.1. The lowest BCUT2D eigenvalue weighted by Crippen LogP contribution is -2.30. The van der Waals surface area contributed by atoms with Gasteiger partial charge in [0.05, 0.1) is 0 Å². The van der Waals surface area contributed by atoms with Crippen LogP contribution in [-0.2, 0) is 0 Å². The summed E-state index contributed by atoms with van der Waals surface area (Å²) in [4.78, 5) is 0. The van der Waals surface area contributed by atoms with Gasteiger partial charge in [0.15, 0.2) is 11.6 Å². The Morgan fingerprint density at radius 3 is 2.78 bits per heavy atom. The number of halogens is 3. The van der Waals surface area contributed by atoms with Crippen molar-refractivity contribution in [2.24, 2.45) is 0 Å². The average molecular weight is 292 g/mol. The van der Waals surface area contributed by atoms with Crippen molar-refractivity contribution in [3.05, 3.63) is 34.4 Å². The molecule has 1 aliphatic heterocycles. The molecule has 0 aliphatic carbocycles. The van der Waals surface area contributed by atoms with Gasteiger partial charge >= 0.3 is 0 Å². The number of thioether (sulfide) groups is 1. The molecule has 0 radical (unpaired) electrons. The Balaban J connectivity index is 2.34. The van der Waals surface area contributed by atoms with E-state index in [4.69, 9.17) is 11.6 Å². The summed E-state index contributed by atoms with van der Waals surface area (Å²) < 4.78 is 27.3. The van der Waals surface area contributed by atoms with Gasteiger partial charge in [0.25, 0.3) is 0 Å². The van der Waals surface area contributed by atoms with E-state index >= 15 is 0 Å². The molecule has 1 aliphatic rings. The molecule has 0 spiro atoms. The second-order valence-electron chi connectivity index (χ2n) is 4.43. The van der Waals surface area contributed by atoms with Crippen molar-refractivity contribution in [2.45, 2.75) is 30.6 Å². The maximum Gasteiger partial charge on any atom is 0.165 e. The Morgan fingerprint density at radius 2 is 2.17 bits per heavy atom. The Labute approximate surface area is 115 Å². The van der Waals surface area contributed by atoms with E-state index in [1.54, 1.807) is 18.8 Å². The zero-order valence-electron chi connectivity index (χ0n) is 10.2. The molecule has 1 fully saturated rings. The molecule has 100 valence electrons. The van der Waals surface area contributed by atoms with Gasteiger partial charge in [-0.3, -0.25) is 0 Å². The smallest absolute Gasteiger partial charge is 0.165 e. The third kappa shape index (κ3) is 2.81. The van der Waals surface area contributed by atoms with Crippen LogP contribution in [-0.4, -0.2) is 18.1 Å². The predicted molar refractivity (Wildman–Crippen MR) is 73.3 cm³/mol. The Bertz CT molecular complexity index is 422. The maximum atomic E-state index is 13.9. The molecule has 0 amide bonds. The fourth-order valence-corrected chi connectivity index (χ4v) is 4.11. The zero-order chi connectivity index (χ0) is 13.1. The minimum absolute atomic E-state index is 0.238. The summed E-state index contributed by atoms with van der Waals surface area (Å²) >= 11 is 7.84. The molecule has 0 saturated carbocycles. The molecule has 1 saturated heterocycles. The molecule has 2 atom stereocenters. The molecule has 0 aromatic heterocycles. The summed E-state index contributed by atoms with van der Waals surface area (Å²) in [5, 5.41) is 3.62. The van der Waals surface area contributed by atoms with Crippen LogP contribution in [0.3, 0.4) is 0 Å². The molecular weight excluding hydrogens is 276 g/mol. The standard InChI is InChI=1S/C13H16ClF2NS/c1-17-13(10-4-2-3-7-18-10)11-8(14)5-6-9(15)12(11)16/h5-6,10,13,17H,2-4,7H2,1H3. The number of hydrogen-bond acceptors (Lipinski definition) is 2. The van der Waals surface area contributed by atoms with Crippen molar-refractivity contribution in [3.8, 4) is 0 Å². The summed E-state index contributed by atoms with van der Waals surface area (Å²) in [6.45, 7) is 0. The summed E-state index contributed by atoms with van der Waals surface area (Å²) in [6.07, 6.45) is 3.32. The number of nitrogens with one attached hydrogen (secondary N) is 1. The summed E-state index contributed by atoms with van der Waals surface area (Å²) in [7, 11) is 1.76. The molecule has 1 heterocycles. The van der Waals surface area contributed by atoms with Crippen LogP contribution >= 0.6 is 23.4 Å². The average Bonchev–Trinajstić information content (AvgIpc) is 2.40. The first-order valence-corrected chi connectivity index (χ1v) is 7.50. The van der Waals surface area contributed by atoms with Gasteiger partial charge in [0, 0.05) is 21.9 Å². The van der Waals surface area contributed by atoms with E-state index in [-0.39, 0.29) is 16.9 Å². The number of hydrogen-bond donors (Lipinski definition) is 1. The van der Waals surface area contributed by atoms with Crippen LogP contribution in [0, 0.1) is 11.6 Å². The van der Waals surface area contributed by atoms with Gasteiger partial charge < -0.3 is 5.32 Å². The van der Waals surface area contributed by atoms with Crippen LogP contribution < -0.4 is 5.32 Å². The van der Waals surface area contributed by atoms with E-state index in [0.29, 0.717) is 5.02 Å². The largest absolute Gasteiger partial charge is 0.312 e. The van der Waals surface area contributed by atoms with E-state index in [9.17, 15) is 8.78 Å². The lowest BCUT2D eigenvalue weighted by molar-refractivity contribution is 0.456. The highest BCUT2D eigenvalue weighted by Gasteiger charge is 2.29. The van der Waals surface area contributed by atoms with Crippen molar-refractivity contribution >= 4 is 23.4 Å². The molecule has 5 heteroatoms. The number of benzene rings is 1. The van der Waals surface area contributed by atoms with E-state index < -0.39 is 11.6 Å². The van der Waals surface area contributed by atoms with Gasteiger partial charge in [-0.15, -0.1) is 0 Å². The molecular formula is C13H16ClF2NS.